The second-order valence-electron chi connectivity index (χ2n) is 4.25. The minimum Gasteiger partial charge on any atom is -0.397 e. The third-order valence-electron chi connectivity index (χ3n) is 2.23. The van der Waals surface area contributed by atoms with Crippen molar-refractivity contribution < 1.29 is 5.11 Å². The first kappa shape index (κ1) is 11.9. The molecule has 0 aromatic heterocycles. The molecule has 0 saturated heterocycles. The molecule has 0 aliphatic heterocycles. The van der Waals surface area contributed by atoms with Crippen LogP contribution in [-0.4, -0.2) is 17.8 Å². The van der Waals surface area contributed by atoms with Gasteiger partial charge in [0.1, 0.15) is 0 Å². The molecule has 0 amide bonds. The van der Waals surface area contributed by atoms with Crippen LogP contribution in [0, 0.1) is 5.92 Å². The molecule has 15 heavy (non-hydrogen) atoms. The number of anilines is 2. The second kappa shape index (κ2) is 5.61. The zero-order valence-electron chi connectivity index (χ0n) is 9.40. The van der Waals surface area contributed by atoms with Crippen molar-refractivity contribution in [3.63, 3.8) is 0 Å². The summed E-state index contributed by atoms with van der Waals surface area (Å²) in [5.41, 5.74) is 7.37. The number of aliphatic hydroxyl groups excluding tert-OH is 1. The molecular formula is C12H20N2O. The smallest absolute Gasteiger partial charge is 0.0715 e. The lowest BCUT2D eigenvalue weighted by molar-refractivity contribution is 0.161. The van der Waals surface area contributed by atoms with Crippen molar-refractivity contribution in [2.24, 2.45) is 5.92 Å². The summed E-state index contributed by atoms with van der Waals surface area (Å²) < 4.78 is 0. The van der Waals surface area contributed by atoms with E-state index >= 15 is 0 Å². The van der Waals surface area contributed by atoms with E-state index in [1.165, 1.54) is 0 Å². The van der Waals surface area contributed by atoms with E-state index in [0.29, 0.717) is 18.2 Å². The SMILES string of the molecule is CC(C)CC(O)CNc1ccccc1N. The summed E-state index contributed by atoms with van der Waals surface area (Å²) in [5, 5.41) is 12.8. The van der Waals surface area contributed by atoms with E-state index in [9.17, 15) is 5.11 Å². The highest BCUT2D eigenvalue weighted by Gasteiger charge is 2.06. The van der Waals surface area contributed by atoms with Gasteiger partial charge in [-0.25, -0.2) is 0 Å². The van der Waals surface area contributed by atoms with E-state index in [1.807, 2.05) is 24.3 Å². The summed E-state index contributed by atoms with van der Waals surface area (Å²) in [6.07, 6.45) is 0.490. The maximum Gasteiger partial charge on any atom is 0.0715 e. The van der Waals surface area contributed by atoms with Gasteiger partial charge in [-0.2, -0.15) is 0 Å². The number of aliphatic hydroxyl groups is 1. The zero-order valence-corrected chi connectivity index (χ0v) is 9.40. The Morgan fingerprint density at radius 1 is 1.33 bits per heavy atom. The average molecular weight is 208 g/mol. The number of para-hydroxylation sites is 2. The second-order valence-corrected chi connectivity index (χ2v) is 4.25. The van der Waals surface area contributed by atoms with Crippen LogP contribution in [-0.2, 0) is 0 Å². The third kappa shape index (κ3) is 4.21. The fourth-order valence-corrected chi connectivity index (χ4v) is 1.51. The number of nitrogens with one attached hydrogen (secondary N) is 1. The molecule has 0 spiro atoms. The van der Waals surface area contributed by atoms with Crippen molar-refractivity contribution in [3.8, 4) is 0 Å². The summed E-state index contributed by atoms with van der Waals surface area (Å²) in [7, 11) is 0. The van der Waals surface area contributed by atoms with Gasteiger partial charge in [0.15, 0.2) is 0 Å². The van der Waals surface area contributed by atoms with E-state index in [0.717, 1.165) is 12.1 Å². The molecule has 1 atom stereocenters. The monoisotopic (exact) mass is 208 g/mol. The Hall–Kier alpha value is -1.22. The summed E-state index contributed by atoms with van der Waals surface area (Å²) >= 11 is 0. The molecule has 1 aromatic carbocycles. The Bertz CT molecular complexity index is 299. The first-order valence-electron chi connectivity index (χ1n) is 5.36. The molecule has 3 heteroatoms. The molecule has 0 heterocycles. The van der Waals surface area contributed by atoms with Crippen LogP contribution in [0.3, 0.4) is 0 Å². The fraction of sp³-hybridized carbons (Fsp3) is 0.500. The van der Waals surface area contributed by atoms with Crippen LogP contribution in [0.25, 0.3) is 0 Å². The van der Waals surface area contributed by atoms with Crippen LogP contribution in [0.5, 0.6) is 0 Å². The van der Waals surface area contributed by atoms with E-state index < -0.39 is 0 Å². The van der Waals surface area contributed by atoms with Crippen LogP contribution in [0.15, 0.2) is 24.3 Å². The topological polar surface area (TPSA) is 58.3 Å². The van der Waals surface area contributed by atoms with Crippen molar-refractivity contribution in [2.45, 2.75) is 26.4 Å². The van der Waals surface area contributed by atoms with Gasteiger partial charge < -0.3 is 16.2 Å². The van der Waals surface area contributed by atoms with Crippen molar-refractivity contribution >= 4 is 11.4 Å². The molecule has 1 aromatic rings. The van der Waals surface area contributed by atoms with Gasteiger partial charge in [-0.3, -0.25) is 0 Å². The summed E-state index contributed by atoms with van der Waals surface area (Å²) in [5.74, 6) is 0.509. The molecule has 3 nitrogen and oxygen atoms in total. The lowest BCUT2D eigenvalue weighted by Crippen LogP contribution is -2.21. The predicted octanol–water partition coefficient (Wildman–Crippen LogP) is 2.09. The molecule has 0 radical (unpaired) electrons. The molecule has 0 aliphatic carbocycles. The van der Waals surface area contributed by atoms with Crippen LogP contribution >= 0.6 is 0 Å². The number of hydrogen-bond acceptors (Lipinski definition) is 3. The van der Waals surface area contributed by atoms with Crippen molar-refractivity contribution in [1.29, 1.82) is 0 Å². The van der Waals surface area contributed by atoms with Gasteiger partial charge >= 0.3 is 0 Å². The first-order chi connectivity index (χ1) is 7.09. The van der Waals surface area contributed by atoms with Gasteiger partial charge in [0, 0.05) is 6.54 Å². The van der Waals surface area contributed by atoms with E-state index in [1.54, 1.807) is 0 Å². The lowest BCUT2D eigenvalue weighted by Gasteiger charge is -2.15. The Kier molecular flexibility index (Phi) is 4.43. The van der Waals surface area contributed by atoms with Gasteiger partial charge in [0.25, 0.3) is 0 Å². The average Bonchev–Trinajstić information content (AvgIpc) is 2.15. The van der Waals surface area contributed by atoms with Gasteiger partial charge in [-0.05, 0) is 24.5 Å². The van der Waals surface area contributed by atoms with Crippen LogP contribution in [0.1, 0.15) is 20.3 Å². The standard InChI is InChI=1S/C12H20N2O/c1-9(2)7-10(15)8-14-12-6-4-3-5-11(12)13/h3-6,9-10,14-15H,7-8,13H2,1-2H3. The Labute approximate surface area is 91.3 Å². The van der Waals surface area contributed by atoms with Crippen LogP contribution in [0.4, 0.5) is 11.4 Å². The lowest BCUT2D eigenvalue weighted by atomic mass is 10.1. The molecule has 1 unspecified atom stereocenters. The van der Waals surface area contributed by atoms with E-state index in [4.69, 9.17) is 5.73 Å². The summed E-state index contributed by atoms with van der Waals surface area (Å²) in [6.45, 7) is 4.74. The third-order valence-corrected chi connectivity index (χ3v) is 2.23. The number of rotatable bonds is 5. The maximum absolute atomic E-state index is 9.67. The Morgan fingerprint density at radius 2 is 2.00 bits per heavy atom. The minimum atomic E-state index is -0.315. The molecule has 84 valence electrons. The summed E-state index contributed by atoms with van der Waals surface area (Å²) in [4.78, 5) is 0. The summed E-state index contributed by atoms with van der Waals surface area (Å²) in [6, 6.07) is 7.58. The van der Waals surface area contributed by atoms with Crippen molar-refractivity contribution in [3.05, 3.63) is 24.3 Å². The Morgan fingerprint density at radius 3 is 2.60 bits per heavy atom. The quantitative estimate of drug-likeness (QED) is 0.649. The van der Waals surface area contributed by atoms with Gasteiger partial charge in [0.05, 0.1) is 17.5 Å². The number of hydrogen-bond donors (Lipinski definition) is 3. The number of nitrogens with two attached hydrogens (primary N) is 1. The fourth-order valence-electron chi connectivity index (χ4n) is 1.51. The molecule has 1 rings (SSSR count). The minimum absolute atomic E-state index is 0.315. The number of benzene rings is 1. The molecule has 0 saturated carbocycles. The molecule has 0 fully saturated rings. The van der Waals surface area contributed by atoms with Gasteiger partial charge in [0.2, 0.25) is 0 Å². The maximum atomic E-state index is 9.67. The zero-order chi connectivity index (χ0) is 11.3. The van der Waals surface area contributed by atoms with Crippen LogP contribution < -0.4 is 11.1 Å². The highest BCUT2D eigenvalue weighted by atomic mass is 16.3. The normalized spacial score (nSPS) is 12.8. The molecular weight excluding hydrogens is 188 g/mol. The van der Waals surface area contributed by atoms with Gasteiger partial charge in [-0.1, -0.05) is 26.0 Å². The molecule has 0 aliphatic rings. The molecule has 4 N–H and O–H groups in total. The number of nitrogen functional groups attached to an aromatic ring is 1. The largest absolute Gasteiger partial charge is 0.397 e. The van der Waals surface area contributed by atoms with E-state index in [2.05, 4.69) is 19.2 Å². The highest BCUT2D eigenvalue weighted by Crippen LogP contribution is 2.17. The van der Waals surface area contributed by atoms with E-state index in [-0.39, 0.29) is 6.10 Å². The van der Waals surface area contributed by atoms with Crippen molar-refractivity contribution in [1.82, 2.24) is 0 Å². The highest BCUT2D eigenvalue weighted by molar-refractivity contribution is 5.65. The molecule has 0 bridgehead atoms. The predicted molar refractivity (Wildman–Crippen MR) is 64.8 cm³/mol. The van der Waals surface area contributed by atoms with Gasteiger partial charge in [-0.15, -0.1) is 0 Å². The first-order valence-corrected chi connectivity index (χ1v) is 5.36. The Balaban J connectivity index is 2.40. The van der Waals surface area contributed by atoms with Crippen molar-refractivity contribution in [2.75, 3.05) is 17.6 Å². The van der Waals surface area contributed by atoms with Crippen LogP contribution in [0.2, 0.25) is 0 Å².